The minimum atomic E-state index is 0.110. The van der Waals surface area contributed by atoms with E-state index in [1.807, 2.05) is 24.3 Å². The summed E-state index contributed by atoms with van der Waals surface area (Å²) in [5.41, 5.74) is 0.946. The second-order valence-corrected chi connectivity index (χ2v) is 4.04. The number of hydrogen-bond donors (Lipinski definition) is 1. The summed E-state index contributed by atoms with van der Waals surface area (Å²) in [5.74, 6) is 6.74. The van der Waals surface area contributed by atoms with Gasteiger partial charge in [-0.1, -0.05) is 18.8 Å². The molecule has 0 saturated carbocycles. The Morgan fingerprint density at radius 3 is 2.61 bits per heavy atom. The quantitative estimate of drug-likeness (QED) is 0.777. The van der Waals surface area contributed by atoms with Crippen LogP contribution in [0, 0.1) is 11.8 Å². The first kappa shape index (κ1) is 14.6. The van der Waals surface area contributed by atoms with Crippen molar-refractivity contribution in [3.63, 3.8) is 0 Å². The van der Waals surface area contributed by atoms with Gasteiger partial charge in [0.05, 0.1) is 6.61 Å². The second-order valence-electron chi connectivity index (χ2n) is 4.04. The molecule has 1 N–H and O–H groups in total. The largest absolute Gasteiger partial charge is 0.492 e. The molecule has 0 aromatic heterocycles. The standard InChI is InChI=1S/C15H21NO2/c1-3-16(2)11-13-18-15-9-7-14(8-10-15)6-4-5-12-17/h7-10,17H,3,5,11-13H2,1-2H3. The predicted octanol–water partition coefficient (Wildman–Crippen LogP) is 1.75. The maximum atomic E-state index is 8.62. The highest BCUT2D eigenvalue weighted by atomic mass is 16.5. The van der Waals surface area contributed by atoms with Crippen LogP contribution >= 0.6 is 0 Å². The van der Waals surface area contributed by atoms with Gasteiger partial charge >= 0.3 is 0 Å². The summed E-state index contributed by atoms with van der Waals surface area (Å²) in [4.78, 5) is 2.20. The van der Waals surface area contributed by atoms with Gasteiger partial charge in [0, 0.05) is 18.5 Å². The molecule has 0 amide bonds. The Morgan fingerprint density at radius 1 is 1.28 bits per heavy atom. The van der Waals surface area contributed by atoms with Crippen molar-refractivity contribution in [2.45, 2.75) is 13.3 Å². The molecule has 0 bridgehead atoms. The van der Waals surface area contributed by atoms with Crippen molar-refractivity contribution < 1.29 is 9.84 Å². The van der Waals surface area contributed by atoms with Gasteiger partial charge in [0.15, 0.2) is 0 Å². The summed E-state index contributed by atoms with van der Waals surface area (Å²) in [7, 11) is 2.07. The van der Waals surface area contributed by atoms with Gasteiger partial charge in [-0.15, -0.1) is 0 Å². The molecule has 1 rings (SSSR count). The molecule has 0 aliphatic rings. The number of rotatable bonds is 6. The molecule has 1 aromatic rings. The lowest BCUT2D eigenvalue weighted by atomic mass is 10.2. The normalized spacial score (nSPS) is 10.0. The van der Waals surface area contributed by atoms with E-state index in [0.29, 0.717) is 13.0 Å². The molecule has 98 valence electrons. The molecule has 3 nitrogen and oxygen atoms in total. The summed E-state index contributed by atoms with van der Waals surface area (Å²) in [6.45, 7) is 4.89. The van der Waals surface area contributed by atoms with Crippen molar-refractivity contribution >= 4 is 0 Å². The van der Waals surface area contributed by atoms with Crippen LogP contribution in [0.1, 0.15) is 18.9 Å². The molecule has 0 fully saturated rings. The zero-order chi connectivity index (χ0) is 13.2. The molecule has 0 atom stereocenters. The molecule has 18 heavy (non-hydrogen) atoms. The maximum Gasteiger partial charge on any atom is 0.119 e. The van der Waals surface area contributed by atoms with Crippen LogP contribution in [-0.4, -0.2) is 43.4 Å². The average molecular weight is 247 g/mol. The van der Waals surface area contributed by atoms with Crippen LogP contribution < -0.4 is 4.74 Å². The van der Waals surface area contributed by atoms with Gasteiger partial charge in [-0.25, -0.2) is 0 Å². The van der Waals surface area contributed by atoms with Crippen molar-refractivity contribution in [2.75, 3.05) is 33.4 Å². The molecular formula is C15H21NO2. The topological polar surface area (TPSA) is 32.7 Å². The third-order valence-corrected chi connectivity index (χ3v) is 2.61. The van der Waals surface area contributed by atoms with E-state index in [-0.39, 0.29) is 6.61 Å². The average Bonchev–Trinajstić information content (AvgIpc) is 2.40. The van der Waals surface area contributed by atoms with Gasteiger partial charge < -0.3 is 14.7 Å². The zero-order valence-corrected chi connectivity index (χ0v) is 11.1. The van der Waals surface area contributed by atoms with Crippen LogP contribution in [0.4, 0.5) is 0 Å². The second kappa shape index (κ2) is 8.57. The summed E-state index contributed by atoms with van der Waals surface area (Å²) < 4.78 is 5.63. The summed E-state index contributed by atoms with van der Waals surface area (Å²) >= 11 is 0. The summed E-state index contributed by atoms with van der Waals surface area (Å²) in [5, 5.41) is 8.62. The highest BCUT2D eigenvalue weighted by Gasteiger charge is 1.96. The third-order valence-electron chi connectivity index (χ3n) is 2.61. The van der Waals surface area contributed by atoms with Gasteiger partial charge in [0.25, 0.3) is 0 Å². The van der Waals surface area contributed by atoms with Crippen molar-refractivity contribution in [1.29, 1.82) is 0 Å². The van der Waals surface area contributed by atoms with E-state index in [0.717, 1.165) is 24.4 Å². The van der Waals surface area contributed by atoms with E-state index >= 15 is 0 Å². The van der Waals surface area contributed by atoms with Crippen LogP contribution in [0.15, 0.2) is 24.3 Å². The molecule has 1 aromatic carbocycles. The summed E-state index contributed by atoms with van der Waals surface area (Å²) in [6.07, 6.45) is 0.515. The van der Waals surface area contributed by atoms with Crippen LogP contribution in [0.25, 0.3) is 0 Å². The molecule has 0 aliphatic heterocycles. The van der Waals surface area contributed by atoms with Crippen LogP contribution in [0.5, 0.6) is 5.75 Å². The van der Waals surface area contributed by atoms with E-state index in [4.69, 9.17) is 9.84 Å². The van der Waals surface area contributed by atoms with Crippen LogP contribution in [0.2, 0.25) is 0 Å². The molecule has 3 heteroatoms. The Kier molecular flexibility index (Phi) is 6.93. The Hall–Kier alpha value is -1.50. The van der Waals surface area contributed by atoms with Gasteiger partial charge in [0.2, 0.25) is 0 Å². The Bertz CT molecular complexity index is 389. The van der Waals surface area contributed by atoms with Gasteiger partial charge in [-0.3, -0.25) is 0 Å². The number of benzene rings is 1. The molecule has 0 radical (unpaired) electrons. The number of ether oxygens (including phenoxy) is 1. The van der Waals surface area contributed by atoms with Gasteiger partial charge in [-0.2, -0.15) is 0 Å². The fourth-order valence-corrected chi connectivity index (χ4v) is 1.33. The molecule has 0 heterocycles. The first-order valence-electron chi connectivity index (χ1n) is 6.27. The van der Waals surface area contributed by atoms with Crippen LogP contribution in [0.3, 0.4) is 0 Å². The maximum absolute atomic E-state index is 8.62. The van der Waals surface area contributed by atoms with E-state index in [1.165, 1.54) is 0 Å². The van der Waals surface area contributed by atoms with Crippen LogP contribution in [-0.2, 0) is 0 Å². The van der Waals surface area contributed by atoms with E-state index in [1.54, 1.807) is 0 Å². The Labute approximate surface area is 109 Å². The predicted molar refractivity (Wildman–Crippen MR) is 73.7 cm³/mol. The number of nitrogens with zero attached hydrogens (tertiary/aromatic N) is 1. The lowest BCUT2D eigenvalue weighted by molar-refractivity contribution is 0.244. The fourth-order valence-electron chi connectivity index (χ4n) is 1.33. The number of hydrogen-bond acceptors (Lipinski definition) is 3. The van der Waals surface area contributed by atoms with Crippen molar-refractivity contribution in [2.24, 2.45) is 0 Å². The van der Waals surface area contributed by atoms with E-state index < -0.39 is 0 Å². The third kappa shape index (κ3) is 5.72. The Balaban J connectivity index is 2.39. The number of aliphatic hydroxyl groups is 1. The SMILES string of the molecule is CCN(C)CCOc1ccc(C#CCCO)cc1. The van der Waals surface area contributed by atoms with Gasteiger partial charge in [-0.05, 0) is 37.9 Å². The smallest absolute Gasteiger partial charge is 0.119 e. The van der Waals surface area contributed by atoms with Crippen molar-refractivity contribution in [3.05, 3.63) is 29.8 Å². The molecule has 0 aliphatic carbocycles. The monoisotopic (exact) mass is 247 g/mol. The highest BCUT2D eigenvalue weighted by molar-refractivity contribution is 5.38. The zero-order valence-electron chi connectivity index (χ0n) is 11.1. The minimum absolute atomic E-state index is 0.110. The minimum Gasteiger partial charge on any atom is -0.492 e. The van der Waals surface area contributed by atoms with Crippen molar-refractivity contribution in [3.8, 4) is 17.6 Å². The lowest BCUT2D eigenvalue weighted by Gasteiger charge is -2.14. The van der Waals surface area contributed by atoms with E-state index in [9.17, 15) is 0 Å². The first-order chi connectivity index (χ1) is 8.76. The fraction of sp³-hybridized carbons (Fsp3) is 0.467. The first-order valence-corrected chi connectivity index (χ1v) is 6.27. The number of aliphatic hydroxyl groups excluding tert-OH is 1. The molecular weight excluding hydrogens is 226 g/mol. The molecule has 0 saturated heterocycles. The van der Waals surface area contributed by atoms with E-state index in [2.05, 4.69) is 30.7 Å². The highest BCUT2D eigenvalue weighted by Crippen LogP contribution is 2.11. The molecule has 0 spiro atoms. The lowest BCUT2D eigenvalue weighted by Crippen LogP contribution is -2.23. The molecule has 0 unspecified atom stereocenters. The number of likely N-dealkylation sites (N-methyl/N-ethyl adjacent to an activating group) is 1. The van der Waals surface area contributed by atoms with Crippen molar-refractivity contribution in [1.82, 2.24) is 4.90 Å². The van der Waals surface area contributed by atoms with Gasteiger partial charge in [0.1, 0.15) is 12.4 Å². The summed E-state index contributed by atoms with van der Waals surface area (Å²) in [6, 6.07) is 7.72. The Morgan fingerprint density at radius 2 is 2.00 bits per heavy atom.